The van der Waals surface area contributed by atoms with Gasteiger partial charge in [0, 0.05) is 22.7 Å². The first-order valence-electron chi connectivity index (χ1n) is 12.9. The van der Waals surface area contributed by atoms with Gasteiger partial charge in [0.25, 0.3) is 0 Å². The number of fused-ring (bicyclic) bond motifs is 9. The van der Waals surface area contributed by atoms with E-state index < -0.39 is 5.60 Å². The summed E-state index contributed by atoms with van der Waals surface area (Å²) >= 11 is 0. The van der Waals surface area contributed by atoms with E-state index in [0.717, 1.165) is 43.7 Å². The van der Waals surface area contributed by atoms with E-state index >= 15 is 0 Å². The number of para-hydroxylation sites is 1. The van der Waals surface area contributed by atoms with Crippen molar-refractivity contribution >= 4 is 16.6 Å². The minimum Gasteiger partial charge on any atom is -0.377 e. The smallest absolute Gasteiger partial charge is 0.138 e. The fraction of sp³-hybridized carbons (Fsp3) is 0.567. The lowest BCUT2D eigenvalue weighted by molar-refractivity contribution is -0.127. The number of hydrogen-bond donors (Lipinski definition) is 1. The molecule has 1 aromatic carbocycles. The number of terminal acetylenes is 1. The van der Waals surface area contributed by atoms with E-state index in [4.69, 9.17) is 11.4 Å². The van der Waals surface area contributed by atoms with Crippen molar-refractivity contribution in [2.24, 2.45) is 34.5 Å². The van der Waals surface area contributed by atoms with Crippen LogP contribution in [0.1, 0.15) is 63.6 Å². The molecule has 7 rings (SSSR count). The molecule has 3 unspecified atom stereocenters. The van der Waals surface area contributed by atoms with Crippen LogP contribution in [0.25, 0.3) is 16.6 Å². The summed E-state index contributed by atoms with van der Waals surface area (Å²) in [4.78, 5) is 5.18. The molecule has 1 N–H and O–H groups in total. The minimum atomic E-state index is -0.912. The Balaban J connectivity index is 1.28. The summed E-state index contributed by atoms with van der Waals surface area (Å²) in [6.45, 7) is 4.88. The van der Waals surface area contributed by atoms with Crippen LogP contribution in [0.4, 0.5) is 0 Å². The Bertz CT molecular complexity index is 1330. The lowest BCUT2D eigenvalue weighted by atomic mass is 9.44. The molecule has 3 saturated carbocycles. The lowest BCUT2D eigenvalue weighted by Gasteiger charge is -2.60. The molecule has 3 aromatic rings. The Kier molecular flexibility index (Phi) is 3.91. The van der Waals surface area contributed by atoms with E-state index in [1.54, 1.807) is 0 Å². The highest BCUT2D eigenvalue weighted by atomic mass is 16.3. The molecule has 33 heavy (non-hydrogen) atoms. The highest BCUT2D eigenvalue weighted by Gasteiger charge is 2.64. The molecule has 0 bridgehead atoms. The maximum atomic E-state index is 11.3. The summed E-state index contributed by atoms with van der Waals surface area (Å²) in [6, 6.07) is 10.9. The molecule has 4 aliphatic carbocycles. The third-order valence-electron chi connectivity index (χ3n) is 11.1. The first-order chi connectivity index (χ1) is 15.9. The predicted molar refractivity (Wildman–Crippen MR) is 132 cm³/mol. The highest BCUT2D eigenvalue weighted by Crippen LogP contribution is 2.67. The van der Waals surface area contributed by atoms with Crippen LogP contribution in [-0.4, -0.2) is 20.1 Å². The Morgan fingerprint density at radius 3 is 2.76 bits per heavy atom. The van der Waals surface area contributed by atoms with Gasteiger partial charge in [-0.3, -0.25) is 0 Å². The summed E-state index contributed by atoms with van der Waals surface area (Å²) in [5.41, 5.74) is 4.40. The minimum absolute atomic E-state index is 0.115. The summed E-state index contributed by atoms with van der Waals surface area (Å²) in [6.07, 6.45) is 17.2. The summed E-state index contributed by atoms with van der Waals surface area (Å²) in [5, 5.41) is 12.6. The van der Waals surface area contributed by atoms with Gasteiger partial charge in [0.15, 0.2) is 0 Å². The maximum Gasteiger partial charge on any atom is 0.138 e. The number of hydrogen-bond acceptors (Lipinski definition) is 2. The van der Waals surface area contributed by atoms with E-state index in [9.17, 15) is 5.11 Å². The number of nitrogens with zero attached hydrogens (tertiary/aromatic N) is 2. The zero-order valence-corrected chi connectivity index (χ0v) is 19.8. The van der Waals surface area contributed by atoms with Crippen molar-refractivity contribution in [2.45, 2.75) is 70.8 Å². The monoisotopic (exact) mass is 438 g/mol. The van der Waals surface area contributed by atoms with Crippen LogP contribution in [0.2, 0.25) is 0 Å². The van der Waals surface area contributed by atoms with E-state index in [1.165, 1.54) is 41.4 Å². The zero-order chi connectivity index (χ0) is 22.6. The van der Waals surface area contributed by atoms with Gasteiger partial charge in [-0.1, -0.05) is 38.0 Å². The molecule has 7 atom stereocenters. The van der Waals surface area contributed by atoms with Gasteiger partial charge in [0.1, 0.15) is 11.2 Å². The van der Waals surface area contributed by atoms with Crippen LogP contribution in [0.15, 0.2) is 36.5 Å². The summed E-state index contributed by atoms with van der Waals surface area (Å²) in [7, 11) is 0. The Morgan fingerprint density at radius 2 is 1.91 bits per heavy atom. The molecule has 3 fully saturated rings. The Labute approximate surface area is 196 Å². The van der Waals surface area contributed by atoms with E-state index in [2.05, 4.69) is 60.7 Å². The van der Waals surface area contributed by atoms with Gasteiger partial charge in [-0.15, -0.1) is 6.42 Å². The van der Waals surface area contributed by atoms with E-state index in [0.29, 0.717) is 23.2 Å². The van der Waals surface area contributed by atoms with Gasteiger partial charge in [-0.25, -0.2) is 4.98 Å². The van der Waals surface area contributed by atoms with Gasteiger partial charge in [0.05, 0.1) is 5.52 Å². The van der Waals surface area contributed by atoms with Crippen molar-refractivity contribution in [3.63, 3.8) is 0 Å². The van der Waals surface area contributed by atoms with Crippen LogP contribution in [-0.2, 0) is 12.8 Å². The summed E-state index contributed by atoms with van der Waals surface area (Å²) < 4.78 is 2.31. The second kappa shape index (κ2) is 6.42. The average molecular weight is 439 g/mol. The molecular weight excluding hydrogens is 404 g/mol. The molecule has 0 radical (unpaired) electrons. The molecule has 0 amide bonds. The Morgan fingerprint density at radius 1 is 1.09 bits per heavy atom. The van der Waals surface area contributed by atoms with Gasteiger partial charge in [-0.2, -0.15) is 0 Å². The van der Waals surface area contributed by atoms with Gasteiger partial charge < -0.3 is 9.51 Å². The molecule has 3 heteroatoms. The van der Waals surface area contributed by atoms with E-state index in [1.807, 2.05) is 0 Å². The van der Waals surface area contributed by atoms with Crippen LogP contribution >= 0.6 is 0 Å². The molecule has 3 nitrogen and oxygen atoms in total. The maximum absolute atomic E-state index is 11.3. The van der Waals surface area contributed by atoms with Crippen LogP contribution < -0.4 is 0 Å². The fourth-order valence-electron chi connectivity index (χ4n) is 9.19. The fourth-order valence-corrected chi connectivity index (χ4v) is 9.19. The second-order valence-corrected chi connectivity index (χ2v) is 12.2. The van der Waals surface area contributed by atoms with Crippen LogP contribution in [0, 0.1) is 46.8 Å². The number of aliphatic hydroxyl groups is 1. The molecular formula is C30H34N2O. The number of rotatable bonds is 0. The molecule has 4 aliphatic rings. The molecule has 2 aromatic heterocycles. The predicted octanol–water partition coefficient (Wildman–Crippen LogP) is 5.81. The standard InChI is InChI=1S/C30H34N2O/c1-4-30(33)14-12-24-22-10-9-21-16-25-20(17-28(21,2)23(22)11-13-29(24,30)3)18-32-26-8-6-5-7-19(26)15-27(32)31-25/h1,5-8,15,18,21-24,33H,9-14,16-17H2,2-3H3/t21-,22?,23?,24?,28-,29-,30-/m0/s1. The van der Waals surface area contributed by atoms with Crippen molar-refractivity contribution < 1.29 is 5.11 Å². The van der Waals surface area contributed by atoms with Crippen molar-refractivity contribution in [3.05, 3.63) is 47.8 Å². The first kappa shape index (κ1) is 20.1. The topological polar surface area (TPSA) is 37.5 Å². The van der Waals surface area contributed by atoms with Gasteiger partial charge in [0.2, 0.25) is 0 Å². The van der Waals surface area contributed by atoms with Crippen molar-refractivity contribution in [1.82, 2.24) is 9.38 Å². The van der Waals surface area contributed by atoms with Gasteiger partial charge >= 0.3 is 0 Å². The molecule has 2 heterocycles. The normalized spacial score (nSPS) is 41.8. The van der Waals surface area contributed by atoms with Crippen LogP contribution in [0.5, 0.6) is 0 Å². The van der Waals surface area contributed by atoms with Crippen LogP contribution in [0.3, 0.4) is 0 Å². The SMILES string of the molecule is C#C[C@]1(O)CCC2C3CC[C@H]4Cc5nc6cc7ccccc7n6cc5C[C@]4(C)C3CC[C@@]21C. The largest absolute Gasteiger partial charge is 0.377 e. The second-order valence-electron chi connectivity index (χ2n) is 12.2. The van der Waals surface area contributed by atoms with Crippen molar-refractivity contribution in [3.8, 4) is 12.3 Å². The first-order valence-corrected chi connectivity index (χ1v) is 12.9. The van der Waals surface area contributed by atoms with Gasteiger partial charge in [-0.05, 0) is 98.1 Å². The highest BCUT2D eigenvalue weighted by molar-refractivity contribution is 5.86. The van der Waals surface area contributed by atoms with Crippen molar-refractivity contribution in [1.29, 1.82) is 0 Å². The molecule has 0 saturated heterocycles. The Hall–Kier alpha value is -2.31. The molecule has 0 aliphatic heterocycles. The zero-order valence-electron chi connectivity index (χ0n) is 19.8. The average Bonchev–Trinajstić information content (AvgIpc) is 3.30. The third-order valence-corrected chi connectivity index (χ3v) is 11.1. The molecule has 170 valence electrons. The quantitative estimate of drug-likeness (QED) is 0.450. The number of aromatic nitrogens is 2. The van der Waals surface area contributed by atoms with E-state index in [-0.39, 0.29) is 5.41 Å². The summed E-state index contributed by atoms with van der Waals surface area (Å²) in [5.74, 6) is 5.51. The van der Waals surface area contributed by atoms with Crippen molar-refractivity contribution in [2.75, 3.05) is 0 Å². The molecule has 0 spiro atoms. The number of benzene rings is 1. The lowest BCUT2D eigenvalue weighted by Crippen LogP contribution is -2.56. The third kappa shape index (κ3) is 2.43.